The highest BCUT2D eigenvalue weighted by atomic mass is 15.2. The Morgan fingerprint density at radius 3 is 1.69 bits per heavy atom. The van der Waals surface area contributed by atoms with E-state index in [1.54, 1.807) is 0 Å². The Labute approximate surface area is 84.5 Å². The average molecular weight is 185 g/mol. The second kappa shape index (κ2) is 6.42. The minimum Gasteiger partial charge on any atom is -0.298 e. The van der Waals surface area contributed by atoms with Gasteiger partial charge >= 0.3 is 0 Å². The summed E-state index contributed by atoms with van der Waals surface area (Å²) in [6, 6.07) is 1.36. The normalized spacial score (nSPS) is 14.5. The van der Waals surface area contributed by atoms with Crippen molar-refractivity contribution in [3.8, 4) is 0 Å². The molecule has 1 atom stereocenters. The number of hydrogen-bond donors (Lipinski definition) is 0. The van der Waals surface area contributed by atoms with E-state index in [2.05, 4.69) is 46.4 Å². The molecule has 0 aliphatic rings. The van der Waals surface area contributed by atoms with Gasteiger partial charge in [-0.25, -0.2) is 0 Å². The molecule has 0 aromatic heterocycles. The van der Waals surface area contributed by atoms with Crippen molar-refractivity contribution in [1.82, 2.24) is 4.90 Å². The zero-order valence-corrected chi connectivity index (χ0v) is 10.3. The molecule has 1 heteroatoms. The van der Waals surface area contributed by atoms with Crippen molar-refractivity contribution in [2.24, 2.45) is 5.92 Å². The highest BCUT2D eigenvalue weighted by Gasteiger charge is 2.15. The van der Waals surface area contributed by atoms with Gasteiger partial charge in [0.05, 0.1) is 0 Å². The van der Waals surface area contributed by atoms with Crippen molar-refractivity contribution >= 4 is 0 Å². The molecule has 0 bridgehead atoms. The third-order valence-corrected chi connectivity index (χ3v) is 2.63. The van der Waals surface area contributed by atoms with Crippen LogP contribution in [0.2, 0.25) is 0 Å². The van der Waals surface area contributed by atoms with Crippen LogP contribution >= 0.6 is 0 Å². The van der Waals surface area contributed by atoms with Gasteiger partial charge in [-0.2, -0.15) is 0 Å². The Balaban J connectivity index is 3.94. The first-order valence-electron chi connectivity index (χ1n) is 5.74. The largest absolute Gasteiger partial charge is 0.298 e. The second-order valence-electron chi connectivity index (χ2n) is 4.78. The molecule has 0 aliphatic carbocycles. The Morgan fingerprint density at radius 2 is 1.38 bits per heavy atom. The maximum atomic E-state index is 2.58. The highest BCUT2D eigenvalue weighted by Crippen LogP contribution is 2.12. The summed E-state index contributed by atoms with van der Waals surface area (Å²) in [5.74, 6) is 0.842. The van der Waals surface area contributed by atoms with Crippen LogP contribution in [0.1, 0.15) is 54.4 Å². The van der Waals surface area contributed by atoms with Crippen LogP contribution in [0.5, 0.6) is 0 Å². The van der Waals surface area contributed by atoms with Crippen molar-refractivity contribution in [3.05, 3.63) is 0 Å². The fourth-order valence-corrected chi connectivity index (χ4v) is 1.96. The van der Waals surface area contributed by atoms with Gasteiger partial charge in [-0.15, -0.1) is 0 Å². The summed E-state index contributed by atoms with van der Waals surface area (Å²) in [6.45, 7) is 15.0. The predicted octanol–water partition coefficient (Wildman–Crippen LogP) is 3.54. The van der Waals surface area contributed by atoms with Gasteiger partial charge in [-0.1, -0.05) is 20.3 Å². The van der Waals surface area contributed by atoms with Crippen LogP contribution in [0.25, 0.3) is 0 Å². The molecule has 0 radical (unpaired) electrons. The maximum absolute atomic E-state index is 2.58. The molecule has 0 heterocycles. The van der Waals surface area contributed by atoms with Gasteiger partial charge in [0.25, 0.3) is 0 Å². The fraction of sp³-hybridized carbons (Fsp3) is 1.00. The first-order valence-corrected chi connectivity index (χ1v) is 5.74. The van der Waals surface area contributed by atoms with E-state index in [0.29, 0.717) is 12.1 Å². The molecule has 0 aromatic carbocycles. The molecule has 0 rings (SSSR count). The van der Waals surface area contributed by atoms with E-state index in [4.69, 9.17) is 0 Å². The minimum absolute atomic E-state index is 0.680. The van der Waals surface area contributed by atoms with E-state index in [0.717, 1.165) is 5.92 Å². The van der Waals surface area contributed by atoms with Crippen LogP contribution in [0.4, 0.5) is 0 Å². The van der Waals surface area contributed by atoms with Crippen LogP contribution in [0, 0.1) is 5.92 Å². The first-order chi connectivity index (χ1) is 5.99. The monoisotopic (exact) mass is 185 g/mol. The van der Waals surface area contributed by atoms with Crippen molar-refractivity contribution in [2.45, 2.75) is 66.5 Å². The van der Waals surface area contributed by atoms with E-state index < -0.39 is 0 Å². The smallest absolute Gasteiger partial charge is 0.00414 e. The summed E-state index contributed by atoms with van der Waals surface area (Å²) < 4.78 is 0. The van der Waals surface area contributed by atoms with E-state index in [9.17, 15) is 0 Å². The van der Waals surface area contributed by atoms with Crippen LogP contribution in [-0.2, 0) is 0 Å². The summed E-state index contributed by atoms with van der Waals surface area (Å²) in [7, 11) is 0. The molecule has 13 heavy (non-hydrogen) atoms. The zero-order chi connectivity index (χ0) is 10.4. The lowest BCUT2D eigenvalue weighted by Crippen LogP contribution is -2.39. The third-order valence-electron chi connectivity index (χ3n) is 2.63. The SMILES string of the molecule is CCC[C@@H](C)CN(C(C)C)C(C)C. The Morgan fingerprint density at radius 1 is 0.923 bits per heavy atom. The zero-order valence-electron chi connectivity index (χ0n) is 10.3. The van der Waals surface area contributed by atoms with Gasteiger partial charge in [0.2, 0.25) is 0 Å². The number of hydrogen-bond acceptors (Lipinski definition) is 1. The molecule has 0 aliphatic heterocycles. The molecule has 0 fully saturated rings. The summed E-state index contributed by atoms with van der Waals surface area (Å²) in [4.78, 5) is 2.58. The Bertz CT molecular complexity index is 110. The van der Waals surface area contributed by atoms with Gasteiger partial charge in [-0.05, 0) is 40.0 Å². The number of nitrogens with zero attached hydrogens (tertiary/aromatic N) is 1. The maximum Gasteiger partial charge on any atom is 0.00414 e. The van der Waals surface area contributed by atoms with Crippen molar-refractivity contribution in [2.75, 3.05) is 6.54 Å². The van der Waals surface area contributed by atoms with Gasteiger partial charge in [0.1, 0.15) is 0 Å². The van der Waals surface area contributed by atoms with Gasteiger partial charge in [0.15, 0.2) is 0 Å². The minimum atomic E-state index is 0.680. The molecule has 0 spiro atoms. The van der Waals surface area contributed by atoms with Crippen LogP contribution in [0.3, 0.4) is 0 Å². The topological polar surface area (TPSA) is 3.24 Å². The summed E-state index contributed by atoms with van der Waals surface area (Å²) >= 11 is 0. The molecule has 0 amide bonds. The Hall–Kier alpha value is -0.0400. The molecule has 0 N–H and O–H groups in total. The van der Waals surface area contributed by atoms with E-state index in [-0.39, 0.29) is 0 Å². The fourth-order valence-electron chi connectivity index (χ4n) is 1.96. The van der Waals surface area contributed by atoms with E-state index in [1.807, 2.05) is 0 Å². The standard InChI is InChI=1S/C12H27N/c1-7-8-12(6)9-13(10(2)3)11(4)5/h10-12H,7-9H2,1-6H3/t12-/m1/s1. The molecular weight excluding hydrogens is 158 g/mol. The molecule has 0 aromatic rings. The lowest BCUT2D eigenvalue weighted by atomic mass is 10.0. The molecule has 0 saturated carbocycles. The second-order valence-corrected chi connectivity index (χ2v) is 4.78. The van der Waals surface area contributed by atoms with E-state index >= 15 is 0 Å². The molecule has 80 valence electrons. The summed E-state index contributed by atoms with van der Waals surface area (Å²) in [5.41, 5.74) is 0. The Kier molecular flexibility index (Phi) is 6.40. The molecule has 0 saturated heterocycles. The number of rotatable bonds is 6. The van der Waals surface area contributed by atoms with Gasteiger partial charge in [-0.3, -0.25) is 4.90 Å². The van der Waals surface area contributed by atoms with Crippen LogP contribution < -0.4 is 0 Å². The van der Waals surface area contributed by atoms with Crippen LogP contribution in [0.15, 0.2) is 0 Å². The lowest BCUT2D eigenvalue weighted by Gasteiger charge is -2.32. The van der Waals surface area contributed by atoms with Gasteiger partial charge < -0.3 is 0 Å². The third kappa shape index (κ3) is 5.30. The first kappa shape index (κ1) is 13.0. The molecular formula is C12H27N. The lowest BCUT2D eigenvalue weighted by molar-refractivity contribution is 0.147. The van der Waals surface area contributed by atoms with Crippen molar-refractivity contribution in [3.63, 3.8) is 0 Å². The molecule has 0 unspecified atom stereocenters. The van der Waals surface area contributed by atoms with Gasteiger partial charge in [0, 0.05) is 18.6 Å². The molecule has 1 nitrogen and oxygen atoms in total. The quantitative estimate of drug-likeness (QED) is 0.612. The van der Waals surface area contributed by atoms with Crippen molar-refractivity contribution in [1.29, 1.82) is 0 Å². The van der Waals surface area contributed by atoms with E-state index in [1.165, 1.54) is 19.4 Å². The predicted molar refractivity (Wildman–Crippen MR) is 61.1 cm³/mol. The summed E-state index contributed by atoms with van der Waals surface area (Å²) in [5, 5.41) is 0. The summed E-state index contributed by atoms with van der Waals surface area (Å²) in [6.07, 6.45) is 2.67. The average Bonchev–Trinajstić information content (AvgIpc) is 1.99. The van der Waals surface area contributed by atoms with Crippen LogP contribution in [-0.4, -0.2) is 23.5 Å². The van der Waals surface area contributed by atoms with Crippen molar-refractivity contribution < 1.29 is 0 Å². The highest BCUT2D eigenvalue weighted by molar-refractivity contribution is 4.69.